The first-order valence-electron chi connectivity index (χ1n) is 7.36. The molecule has 1 aliphatic rings. The Morgan fingerprint density at radius 3 is 2.11 bits per heavy atom. The highest BCUT2D eigenvalue weighted by Gasteiger charge is 2.43. The third kappa shape index (κ3) is 3.01. The van der Waals surface area contributed by atoms with E-state index in [-0.39, 0.29) is 12.2 Å². The predicted octanol–water partition coefficient (Wildman–Crippen LogP) is 3.49. The number of aliphatic hydroxyl groups excluding tert-OH is 1. The van der Waals surface area contributed by atoms with Gasteiger partial charge in [0.05, 0.1) is 18.8 Å². The van der Waals surface area contributed by atoms with E-state index in [1.807, 2.05) is 18.2 Å². The largest absolute Gasteiger partial charge is 0.390 e. The van der Waals surface area contributed by atoms with E-state index >= 15 is 0 Å². The van der Waals surface area contributed by atoms with Crippen LogP contribution in [0.1, 0.15) is 33.3 Å². The lowest BCUT2D eigenvalue weighted by Gasteiger charge is -2.45. The van der Waals surface area contributed by atoms with Gasteiger partial charge in [0.15, 0.2) is 0 Å². The van der Waals surface area contributed by atoms with Crippen molar-refractivity contribution in [2.45, 2.75) is 46.5 Å². The first-order valence-corrected chi connectivity index (χ1v) is 7.36. The molecule has 106 valence electrons. The van der Waals surface area contributed by atoms with Crippen LogP contribution in [0.2, 0.25) is 0 Å². The molecular formula is C17H26O2. The van der Waals surface area contributed by atoms with Crippen molar-refractivity contribution in [3.63, 3.8) is 0 Å². The summed E-state index contributed by atoms with van der Waals surface area (Å²) in [5.41, 5.74) is 1.17. The number of rotatable bonds is 3. The van der Waals surface area contributed by atoms with Crippen molar-refractivity contribution in [3.05, 3.63) is 35.9 Å². The molecule has 1 aliphatic carbocycles. The molecule has 0 saturated heterocycles. The molecule has 0 aromatic heterocycles. The summed E-state index contributed by atoms with van der Waals surface area (Å²) in [5, 5.41) is 10.4. The lowest BCUT2D eigenvalue weighted by atomic mass is 9.66. The van der Waals surface area contributed by atoms with Gasteiger partial charge in [0.25, 0.3) is 0 Å². The highest BCUT2D eigenvalue weighted by atomic mass is 16.5. The molecule has 0 radical (unpaired) electrons. The van der Waals surface area contributed by atoms with Crippen LogP contribution in [-0.2, 0) is 11.3 Å². The number of hydrogen-bond acceptors (Lipinski definition) is 2. The van der Waals surface area contributed by atoms with Crippen molar-refractivity contribution in [3.8, 4) is 0 Å². The Morgan fingerprint density at radius 2 is 1.47 bits per heavy atom. The van der Waals surface area contributed by atoms with Crippen molar-refractivity contribution < 1.29 is 9.84 Å². The molecule has 0 aliphatic heterocycles. The van der Waals surface area contributed by atoms with E-state index in [4.69, 9.17) is 4.74 Å². The zero-order valence-corrected chi connectivity index (χ0v) is 12.4. The fourth-order valence-corrected chi connectivity index (χ4v) is 3.20. The van der Waals surface area contributed by atoms with Gasteiger partial charge in [0, 0.05) is 0 Å². The van der Waals surface area contributed by atoms with Crippen molar-refractivity contribution in [1.29, 1.82) is 0 Å². The van der Waals surface area contributed by atoms with Gasteiger partial charge >= 0.3 is 0 Å². The summed E-state index contributed by atoms with van der Waals surface area (Å²) in [6.45, 7) is 9.43. The van der Waals surface area contributed by atoms with E-state index in [0.29, 0.717) is 30.3 Å². The zero-order valence-electron chi connectivity index (χ0n) is 12.4. The highest BCUT2D eigenvalue weighted by Crippen LogP contribution is 2.40. The third-order valence-electron chi connectivity index (χ3n) is 5.17. The minimum atomic E-state index is -0.357. The highest BCUT2D eigenvalue weighted by molar-refractivity contribution is 5.13. The van der Waals surface area contributed by atoms with Crippen molar-refractivity contribution in [2.75, 3.05) is 0 Å². The Hall–Kier alpha value is -0.860. The molecule has 3 unspecified atom stereocenters. The molecule has 0 spiro atoms. The maximum atomic E-state index is 10.4. The molecule has 6 atom stereocenters. The van der Waals surface area contributed by atoms with Crippen LogP contribution < -0.4 is 0 Å². The van der Waals surface area contributed by atoms with E-state index in [2.05, 4.69) is 39.8 Å². The predicted molar refractivity (Wildman–Crippen MR) is 77.7 cm³/mol. The van der Waals surface area contributed by atoms with Gasteiger partial charge in [-0.25, -0.2) is 0 Å². The molecule has 1 saturated carbocycles. The second kappa shape index (κ2) is 6.06. The smallest absolute Gasteiger partial charge is 0.0869 e. The molecule has 2 nitrogen and oxygen atoms in total. The van der Waals surface area contributed by atoms with E-state index in [9.17, 15) is 5.11 Å². The summed E-state index contributed by atoms with van der Waals surface area (Å²) in [6, 6.07) is 10.2. The van der Waals surface area contributed by atoms with Crippen LogP contribution in [0.3, 0.4) is 0 Å². The van der Waals surface area contributed by atoms with Crippen LogP contribution in [0, 0.1) is 23.7 Å². The fourth-order valence-electron chi connectivity index (χ4n) is 3.20. The molecule has 19 heavy (non-hydrogen) atoms. The average molecular weight is 262 g/mol. The number of aliphatic hydroxyl groups is 1. The Morgan fingerprint density at radius 1 is 0.895 bits per heavy atom. The molecule has 1 aromatic carbocycles. The van der Waals surface area contributed by atoms with Crippen molar-refractivity contribution in [2.24, 2.45) is 23.7 Å². The van der Waals surface area contributed by atoms with Crippen LogP contribution in [0.4, 0.5) is 0 Å². The lowest BCUT2D eigenvalue weighted by Crippen LogP contribution is -2.50. The van der Waals surface area contributed by atoms with Gasteiger partial charge in [0.2, 0.25) is 0 Å². The summed E-state index contributed by atoms with van der Waals surface area (Å²) in [5.74, 6) is 1.82. The van der Waals surface area contributed by atoms with Gasteiger partial charge in [-0.2, -0.15) is 0 Å². The quantitative estimate of drug-likeness (QED) is 0.903. The Balaban J connectivity index is 2.02. The first kappa shape index (κ1) is 14.5. The van der Waals surface area contributed by atoms with Crippen LogP contribution in [0.5, 0.6) is 0 Å². The van der Waals surface area contributed by atoms with Gasteiger partial charge < -0.3 is 9.84 Å². The van der Waals surface area contributed by atoms with Crippen LogP contribution in [-0.4, -0.2) is 17.3 Å². The molecule has 1 N–H and O–H groups in total. The molecule has 0 bridgehead atoms. The van der Waals surface area contributed by atoms with Crippen LogP contribution in [0.25, 0.3) is 0 Å². The molecule has 0 heterocycles. The van der Waals surface area contributed by atoms with Crippen molar-refractivity contribution in [1.82, 2.24) is 0 Å². The average Bonchev–Trinajstić information content (AvgIpc) is 2.44. The van der Waals surface area contributed by atoms with E-state index in [0.717, 1.165) is 0 Å². The maximum Gasteiger partial charge on any atom is 0.0869 e. The van der Waals surface area contributed by atoms with Gasteiger partial charge in [-0.3, -0.25) is 0 Å². The van der Waals surface area contributed by atoms with Gasteiger partial charge in [0.1, 0.15) is 0 Å². The zero-order chi connectivity index (χ0) is 14.0. The Kier molecular flexibility index (Phi) is 4.64. The topological polar surface area (TPSA) is 29.5 Å². The second-order valence-electron chi connectivity index (χ2n) is 6.19. The summed E-state index contributed by atoms with van der Waals surface area (Å²) in [6.07, 6.45) is -0.411. The standard InChI is InChI=1S/C17H26O2/c1-11-12(2)14(4)17(16(18)13(11)3)19-10-15-8-6-5-7-9-15/h5-9,11-14,16-18H,10H2,1-4H3/t11?,12-,13-,14-,16?,17?/m1/s1. The number of benzene rings is 1. The monoisotopic (exact) mass is 262 g/mol. The minimum Gasteiger partial charge on any atom is -0.390 e. The first-order chi connectivity index (χ1) is 9.02. The SMILES string of the molecule is CC1[C@@H](C)C(O)C(OCc2ccccc2)[C@H](C)[C@@H]1C. The Bertz CT molecular complexity index is 374. The molecule has 2 rings (SSSR count). The fraction of sp³-hybridized carbons (Fsp3) is 0.647. The molecular weight excluding hydrogens is 236 g/mol. The summed E-state index contributed by atoms with van der Waals surface area (Å²) in [4.78, 5) is 0. The van der Waals surface area contributed by atoms with Crippen LogP contribution >= 0.6 is 0 Å². The van der Waals surface area contributed by atoms with E-state index in [1.54, 1.807) is 0 Å². The van der Waals surface area contributed by atoms with E-state index < -0.39 is 0 Å². The van der Waals surface area contributed by atoms with Gasteiger partial charge in [-0.05, 0) is 29.2 Å². The van der Waals surface area contributed by atoms with E-state index in [1.165, 1.54) is 5.56 Å². The number of hydrogen-bond donors (Lipinski definition) is 1. The summed E-state index contributed by atoms with van der Waals surface area (Å²) < 4.78 is 6.03. The van der Waals surface area contributed by atoms with Gasteiger partial charge in [-0.15, -0.1) is 0 Å². The maximum absolute atomic E-state index is 10.4. The molecule has 1 fully saturated rings. The minimum absolute atomic E-state index is 0.0543. The van der Waals surface area contributed by atoms with Gasteiger partial charge in [-0.1, -0.05) is 58.0 Å². The normalized spacial score (nSPS) is 39.2. The second-order valence-corrected chi connectivity index (χ2v) is 6.19. The summed E-state index contributed by atoms with van der Waals surface area (Å²) in [7, 11) is 0. The molecule has 2 heteroatoms. The molecule has 1 aromatic rings. The van der Waals surface area contributed by atoms with Crippen molar-refractivity contribution >= 4 is 0 Å². The summed E-state index contributed by atoms with van der Waals surface area (Å²) >= 11 is 0. The lowest BCUT2D eigenvalue weighted by molar-refractivity contribution is -0.144. The number of ether oxygens (including phenoxy) is 1. The third-order valence-corrected chi connectivity index (χ3v) is 5.17. The molecule has 0 amide bonds. The van der Waals surface area contributed by atoms with Crippen LogP contribution in [0.15, 0.2) is 30.3 Å². The Labute approximate surface area is 116 Å².